The number of rotatable bonds is 6. The average molecular weight is 491 g/mol. The number of furan rings is 1. The van der Waals surface area contributed by atoms with Crippen LogP contribution in [0.5, 0.6) is 0 Å². The average Bonchev–Trinajstić information content (AvgIpc) is 3.51. The molecule has 1 aliphatic heterocycles. The molecule has 6 nitrogen and oxygen atoms in total. The largest absolute Gasteiger partial charge is 0.459 e. The third-order valence-corrected chi connectivity index (χ3v) is 7.69. The lowest BCUT2D eigenvalue weighted by Gasteiger charge is -2.41. The van der Waals surface area contributed by atoms with Crippen LogP contribution in [0.25, 0.3) is 0 Å². The molecule has 4 heterocycles. The van der Waals surface area contributed by atoms with Gasteiger partial charge in [0.1, 0.15) is 10.8 Å². The van der Waals surface area contributed by atoms with Gasteiger partial charge in [-0.1, -0.05) is 18.2 Å². The van der Waals surface area contributed by atoms with E-state index in [1.165, 1.54) is 12.3 Å². The summed E-state index contributed by atoms with van der Waals surface area (Å²) in [5.41, 5.74) is 3.91. The molecule has 1 fully saturated rings. The molecule has 1 aromatic carbocycles. The standard InChI is InChI=1S/C27H27FN4O2S/c1-18-19(2)35-27(30-26(33)23-10-6-16-34-23)24(18)25(20-7-5-11-29-17-20)32-14-12-31(13-15-32)22-9-4-3-8-21(22)28/h3-11,16-17,25H,12-15H2,1-2H3,(H,30,33)/t25-/m0/s1. The van der Waals surface area contributed by atoms with Crippen molar-refractivity contribution < 1.29 is 13.6 Å². The van der Waals surface area contributed by atoms with Crippen molar-refractivity contribution in [3.05, 3.63) is 100 Å². The van der Waals surface area contributed by atoms with Crippen molar-refractivity contribution in [3.8, 4) is 0 Å². The summed E-state index contributed by atoms with van der Waals surface area (Å²) in [6, 6.07) is 14.2. The van der Waals surface area contributed by atoms with Gasteiger partial charge in [-0.25, -0.2) is 4.39 Å². The summed E-state index contributed by atoms with van der Waals surface area (Å²) in [5.74, 6) is -0.195. The fourth-order valence-corrected chi connectivity index (χ4v) is 5.75. The second kappa shape index (κ2) is 10.0. The normalized spacial score (nSPS) is 15.2. The van der Waals surface area contributed by atoms with Crippen molar-refractivity contribution in [1.82, 2.24) is 9.88 Å². The zero-order valence-electron chi connectivity index (χ0n) is 19.7. The maximum absolute atomic E-state index is 14.4. The number of benzene rings is 1. The molecule has 1 atom stereocenters. The summed E-state index contributed by atoms with van der Waals surface area (Å²) in [6.45, 7) is 7.06. The van der Waals surface area contributed by atoms with Crippen LogP contribution >= 0.6 is 11.3 Å². The van der Waals surface area contributed by atoms with Crippen molar-refractivity contribution in [2.45, 2.75) is 19.9 Å². The van der Waals surface area contributed by atoms with Crippen LogP contribution in [0.3, 0.4) is 0 Å². The Morgan fingerprint density at radius 3 is 2.57 bits per heavy atom. The van der Waals surface area contributed by atoms with Crippen LogP contribution in [-0.2, 0) is 0 Å². The van der Waals surface area contributed by atoms with E-state index in [1.807, 2.05) is 24.4 Å². The van der Waals surface area contributed by atoms with Crippen LogP contribution in [0.15, 0.2) is 71.6 Å². The Hall–Kier alpha value is -3.49. The molecular formula is C27H27FN4O2S. The lowest BCUT2D eigenvalue weighted by Crippen LogP contribution is -2.48. The fraction of sp³-hybridized carbons (Fsp3) is 0.259. The molecule has 180 valence electrons. The molecule has 1 aliphatic rings. The highest BCUT2D eigenvalue weighted by atomic mass is 32.1. The number of aromatic nitrogens is 1. The van der Waals surface area contributed by atoms with E-state index in [0.717, 1.165) is 39.7 Å². The molecule has 0 aliphatic carbocycles. The number of carbonyl (C=O) groups is 1. The van der Waals surface area contributed by atoms with Crippen LogP contribution < -0.4 is 10.2 Å². The van der Waals surface area contributed by atoms with Gasteiger partial charge in [0, 0.05) is 49.0 Å². The van der Waals surface area contributed by atoms with Crippen LogP contribution in [-0.4, -0.2) is 42.0 Å². The monoisotopic (exact) mass is 490 g/mol. The molecule has 0 spiro atoms. The van der Waals surface area contributed by atoms with Crippen molar-refractivity contribution >= 4 is 27.9 Å². The van der Waals surface area contributed by atoms with E-state index in [2.05, 4.69) is 40.0 Å². The topological polar surface area (TPSA) is 61.6 Å². The number of thiophene rings is 1. The van der Waals surface area contributed by atoms with Gasteiger partial charge in [-0.3, -0.25) is 14.7 Å². The zero-order chi connectivity index (χ0) is 24.4. The minimum absolute atomic E-state index is 0.0941. The Morgan fingerprint density at radius 1 is 1.09 bits per heavy atom. The van der Waals surface area contributed by atoms with Crippen LogP contribution in [0.2, 0.25) is 0 Å². The number of piperazine rings is 1. The summed E-state index contributed by atoms with van der Waals surface area (Å²) in [4.78, 5) is 22.9. The second-order valence-electron chi connectivity index (χ2n) is 8.62. The van der Waals surface area contributed by atoms with E-state index < -0.39 is 0 Å². The van der Waals surface area contributed by atoms with E-state index in [0.29, 0.717) is 18.8 Å². The molecule has 1 N–H and O–H groups in total. The second-order valence-corrected chi connectivity index (χ2v) is 9.85. The van der Waals surface area contributed by atoms with Gasteiger partial charge in [0.25, 0.3) is 5.91 Å². The Bertz CT molecular complexity index is 1300. The highest BCUT2D eigenvalue weighted by molar-refractivity contribution is 7.16. The molecule has 0 saturated carbocycles. The number of hydrogen-bond acceptors (Lipinski definition) is 6. The fourth-order valence-electron chi connectivity index (χ4n) is 4.67. The van der Waals surface area contributed by atoms with Crippen LogP contribution in [0.1, 0.15) is 38.2 Å². The van der Waals surface area contributed by atoms with E-state index in [9.17, 15) is 9.18 Å². The first-order valence-electron chi connectivity index (χ1n) is 11.6. The van der Waals surface area contributed by atoms with E-state index >= 15 is 0 Å². The maximum atomic E-state index is 14.4. The van der Waals surface area contributed by atoms with Crippen LogP contribution in [0.4, 0.5) is 15.1 Å². The number of carbonyl (C=O) groups excluding carboxylic acids is 1. The molecule has 8 heteroatoms. The van der Waals surface area contributed by atoms with E-state index in [1.54, 1.807) is 35.7 Å². The molecule has 0 bridgehead atoms. The molecule has 0 unspecified atom stereocenters. The van der Waals surface area contributed by atoms with Crippen molar-refractivity contribution in [3.63, 3.8) is 0 Å². The third-order valence-electron chi connectivity index (χ3n) is 6.55. The van der Waals surface area contributed by atoms with Gasteiger partial charge in [-0.2, -0.15) is 0 Å². The predicted molar refractivity (Wildman–Crippen MR) is 137 cm³/mol. The van der Waals surface area contributed by atoms with Gasteiger partial charge >= 0.3 is 0 Å². The Morgan fingerprint density at radius 2 is 1.89 bits per heavy atom. The molecule has 5 rings (SSSR count). The smallest absolute Gasteiger partial charge is 0.291 e. The quantitative estimate of drug-likeness (QED) is 0.378. The summed E-state index contributed by atoms with van der Waals surface area (Å²) >= 11 is 1.57. The number of nitrogens with one attached hydrogen (secondary N) is 1. The number of nitrogens with zero attached hydrogens (tertiary/aromatic N) is 3. The Labute approximate surface area is 208 Å². The summed E-state index contributed by atoms with van der Waals surface area (Å²) in [5, 5.41) is 3.90. The first-order chi connectivity index (χ1) is 17.0. The molecule has 1 saturated heterocycles. The van der Waals surface area contributed by atoms with Gasteiger partial charge in [0.2, 0.25) is 0 Å². The van der Waals surface area contributed by atoms with Gasteiger partial charge in [0.05, 0.1) is 18.0 Å². The molecule has 0 radical (unpaired) electrons. The number of hydrogen-bond donors (Lipinski definition) is 1. The molecule has 4 aromatic rings. The number of amides is 1. The summed E-state index contributed by atoms with van der Waals surface area (Å²) < 4.78 is 19.7. The first-order valence-corrected chi connectivity index (χ1v) is 12.4. The van der Waals surface area contributed by atoms with Gasteiger partial charge in [-0.15, -0.1) is 11.3 Å². The molecular weight excluding hydrogens is 463 g/mol. The molecule has 35 heavy (non-hydrogen) atoms. The zero-order valence-corrected chi connectivity index (χ0v) is 20.5. The van der Waals surface area contributed by atoms with Gasteiger partial charge in [-0.05, 0) is 55.3 Å². The highest BCUT2D eigenvalue weighted by Crippen LogP contribution is 2.42. The number of aryl methyl sites for hydroxylation is 1. The molecule has 1 amide bonds. The number of anilines is 2. The van der Waals surface area contributed by atoms with Crippen LogP contribution in [0, 0.1) is 19.7 Å². The summed E-state index contributed by atoms with van der Waals surface area (Å²) in [7, 11) is 0. The highest BCUT2D eigenvalue weighted by Gasteiger charge is 2.32. The van der Waals surface area contributed by atoms with E-state index in [-0.39, 0.29) is 23.5 Å². The van der Waals surface area contributed by atoms with E-state index in [4.69, 9.17) is 4.42 Å². The predicted octanol–water partition coefficient (Wildman–Crippen LogP) is 5.66. The van der Waals surface area contributed by atoms with Crippen molar-refractivity contribution in [1.29, 1.82) is 0 Å². The lowest BCUT2D eigenvalue weighted by molar-refractivity contribution is 0.0996. The Kier molecular flexibility index (Phi) is 6.66. The number of para-hydroxylation sites is 1. The van der Waals surface area contributed by atoms with Gasteiger partial charge < -0.3 is 14.6 Å². The Balaban J connectivity index is 1.47. The van der Waals surface area contributed by atoms with Crippen molar-refractivity contribution in [2.75, 3.05) is 36.4 Å². The minimum atomic E-state index is -0.271. The maximum Gasteiger partial charge on any atom is 0.291 e. The minimum Gasteiger partial charge on any atom is -0.459 e. The SMILES string of the molecule is Cc1sc(NC(=O)c2ccco2)c([C@H](c2cccnc2)N2CCN(c3ccccc3F)CC2)c1C. The first kappa shape index (κ1) is 23.3. The van der Waals surface area contributed by atoms with Gasteiger partial charge in [0.15, 0.2) is 5.76 Å². The summed E-state index contributed by atoms with van der Waals surface area (Å²) in [6.07, 6.45) is 5.15. The number of halogens is 1. The molecule has 3 aromatic heterocycles. The third kappa shape index (κ3) is 4.72. The lowest BCUT2D eigenvalue weighted by atomic mass is 9.95. The number of pyridine rings is 1. The van der Waals surface area contributed by atoms with Crippen molar-refractivity contribution in [2.24, 2.45) is 0 Å².